The summed E-state index contributed by atoms with van der Waals surface area (Å²) in [5, 5.41) is 8.46. The average molecular weight is 586 g/mol. The van der Waals surface area contributed by atoms with Crippen molar-refractivity contribution < 1.29 is 54.5 Å². The number of carbonyl (C=O) groups excluding carboxylic acids is 1. The number of carbonyl (C=O) groups is 2. The summed E-state index contributed by atoms with van der Waals surface area (Å²) in [5.74, 6) is -5.22. The number of hydrogen-bond donors (Lipinski definition) is 1. The van der Waals surface area contributed by atoms with E-state index in [9.17, 15) is 35.6 Å². The van der Waals surface area contributed by atoms with Crippen LogP contribution in [0.3, 0.4) is 0 Å². The number of anilines is 1. The van der Waals surface area contributed by atoms with Crippen molar-refractivity contribution in [2.75, 3.05) is 10.8 Å². The van der Waals surface area contributed by atoms with Gasteiger partial charge in [0.15, 0.2) is 11.6 Å². The fourth-order valence-corrected chi connectivity index (χ4v) is 5.26. The lowest BCUT2D eigenvalue weighted by atomic mass is 10.1. The van der Waals surface area contributed by atoms with Gasteiger partial charge in [-0.05, 0) is 56.2 Å². The summed E-state index contributed by atoms with van der Waals surface area (Å²) in [4.78, 5) is 22.7. The molecule has 1 atom stereocenters. The number of halogens is 6. The number of esters is 1. The van der Waals surface area contributed by atoms with Gasteiger partial charge in [0.2, 0.25) is 5.60 Å². The zero-order chi connectivity index (χ0) is 28.6. The minimum Gasteiger partial charge on any atom is -0.483 e. The summed E-state index contributed by atoms with van der Waals surface area (Å²) < 4.78 is 106. The number of fused-ring (bicyclic) bond motifs is 1. The van der Waals surface area contributed by atoms with Crippen LogP contribution in [0.4, 0.5) is 27.6 Å². The molecule has 0 saturated carbocycles. The van der Waals surface area contributed by atoms with Crippen LogP contribution in [-0.4, -0.2) is 49.9 Å². The third kappa shape index (κ3) is 6.29. The molecule has 0 aromatic heterocycles. The van der Waals surface area contributed by atoms with E-state index in [2.05, 4.69) is 4.74 Å². The molecular weight excluding hydrogens is 565 g/mol. The standard InChI is InChI=1S/C23H21ClF5NO7S/c1-22(2,23(27,28)29)37-20(33)9-12-7-17(26)21-18(8-12)30(11-13(36-21)3-6-19(31)32)38(34,35)14-4-5-16(25)15(24)10-14/h4-5,7-8,10,13H,3,6,9,11H2,1-2H3,(H,31,32)/t13-/m0/s1. The molecule has 1 N–H and O–H groups in total. The van der Waals surface area contributed by atoms with E-state index in [0.29, 0.717) is 18.2 Å². The van der Waals surface area contributed by atoms with E-state index in [1.807, 2.05) is 0 Å². The lowest BCUT2D eigenvalue weighted by Gasteiger charge is -2.36. The molecule has 2 aromatic carbocycles. The molecule has 0 spiro atoms. The minimum absolute atomic E-state index is 0.203. The Bertz CT molecular complexity index is 1360. The van der Waals surface area contributed by atoms with Crippen molar-refractivity contribution >= 4 is 39.3 Å². The first kappa shape index (κ1) is 29.4. The first-order chi connectivity index (χ1) is 17.4. The van der Waals surface area contributed by atoms with E-state index in [1.54, 1.807) is 0 Å². The Morgan fingerprint density at radius 3 is 2.39 bits per heavy atom. The average Bonchev–Trinajstić information content (AvgIpc) is 2.78. The highest BCUT2D eigenvalue weighted by Crippen LogP contribution is 2.41. The Morgan fingerprint density at radius 2 is 1.82 bits per heavy atom. The maximum atomic E-state index is 15.1. The van der Waals surface area contributed by atoms with Gasteiger partial charge < -0.3 is 14.6 Å². The van der Waals surface area contributed by atoms with Crippen molar-refractivity contribution in [3.05, 3.63) is 52.6 Å². The summed E-state index contributed by atoms with van der Waals surface area (Å²) in [6.07, 6.45) is -7.48. The minimum atomic E-state index is -4.89. The van der Waals surface area contributed by atoms with Crippen LogP contribution in [0.2, 0.25) is 5.02 Å². The highest BCUT2D eigenvalue weighted by Gasteiger charge is 2.50. The SMILES string of the molecule is CC(C)(OC(=O)Cc1cc(F)c2c(c1)N(S(=O)(=O)c1ccc(F)c(Cl)c1)C[C@H](CCC(=O)O)O2)C(F)(F)F. The van der Waals surface area contributed by atoms with Gasteiger partial charge >= 0.3 is 18.1 Å². The number of alkyl halides is 3. The van der Waals surface area contributed by atoms with Crippen molar-refractivity contribution in [1.29, 1.82) is 0 Å². The van der Waals surface area contributed by atoms with Gasteiger partial charge in [0.05, 0.1) is 28.6 Å². The van der Waals surface area contributed by atoms with Gasteiger partial charge in [-0.2, -0.15) is 13.2 Å². The topological polar surface area (TPSA) is 110 Å². The molecule has 208 valence electrons. The first-order valence-electron chi connectivity index (χ1n) is 10.9. The number of sulfonamides is 1. The number of carboxylic acids is 1. The number of ether oxygens (including phenoxy) is 2. The van der Waals surface area contributed by atoms with E-state index < -0.39 is 92.2 Å². The number of aliphatic carboxylic acids is 1. The van der Waals surface area contributed by atoms with Crippen LogP contribution in [0.25, 0.3) is 0 Å². The Kier molecular flexibility index (Phi) is 8.18. The molecule has 1 aliphatic heterocycles. The van der Waals surface area contributed by atoms with Gasteiger partial charge in [-0.3, -0.25) is 13.9 Å². The van der Waals surface area contributed by atoms with Crippen LogP contribution in [0.5, 0.6) is 5.75 Å². The largest absolute Gasteiger partial charge is 0.483 e. The molecule has 0 radical (unpaired) electrons. The Hall–Kier alpha value is -3.13. The molecule has 0 aliphatic carbocycles. The van der Waals surface area contributed by atoms with Crippen molar-refractivity contribution in [1.82, 2.24) is 0 Å². The lowest BCUT2D eigenvalue weighted by molar-refractivity contribution is -0.257. The molecule has 1 aliphatic rings. The molecule has 0 amide bonds. The molecule has 0 saturated heterocycles. The summed E-state index contributed by atoms with van der Waals surface area (Å²) in [5.41, 5.74) is -3.47. The smallest absolute Gasteiger partial charge is 0.427 e. The molecule has 3 rings (SSSR count). The van der Waals surface area contributed by atoms with Crippen LogP contribution >= 0.6 is 11.6 Å². The van der Waals surface area contributed by atoms with Crippen LogP contribution in [0.15, 0.2) is 35.2 Å². The normalized spacial score (nSPS) is 16.0. The summed E-state index contributed by atoms with van der Waals surface area (Å²) in [6.45, 7) is 0.767. The fourth-order valence-electron chi connectivity index (χ4n) is 3.50. The summed E-state index contributed by atoms with van der Waals surface area (Å²) in [7, 11) is -4.57. The maximum Gasteiger partial charge on any atom is 0.427 e. The Labute approximate surface area is 218 Å². The number of hydrogen-bond acceptors (Lipinski definition) is 6. The van der Waals surface area contributed by atoms with Gasteiger partial charge in [0.25, 0.3) is 10.0 Å². The number of carboxylic acid groups (broad SMARTS) is 1. The molecule has 1 heterocycles. The summed E-state index contributed by atoms with van der Waals surface area (Å²) >= 11 is 5.73. The van der Waals surface area contributed by atoms with Crippen LogP contribution in [-0.2, 0) is 30.8 Å². The molecule has 8 nitrogen and oxygen atoms in total. The number of benzene rings is 2. The van der Waals surface area contributed by atoms with Crippen molar-refractivity contribution in [3.8, 4) is 5.75 Å². The molecular formula is C23H21ClF5NO7S. The van der Waals surface area contributed by atoms with E-state index in [0.717, 1.165) is 30.3 Å². The third-order valence-electron chi connectivity index (χ3n) is 5.57. The molecule has 0 bridgehead atoms. The molecule has 0 unspecified atom stereocenters. The van der Waals surface area contributed by atoms with Gasteiger partial charge in [-0.15, -0.1) is 0 Å². The lowest BCUT2D eigenvalue weighted by Crippen LogP contribution is -2.44. The molecule has 2 aromatic rings. The van der Waals surface area contributed by atoms with E-state index >= 15 is 4.39 Å². The highest BCUT2D eigenvalue weighted by atomic mass is 35.5. The zero-order valence-electron chi connectivity index (χ0n) is 19.8. The van der Waals surface area contributed by atoms with Gasteiger partial charge in [-0.25, -0.2) is 17.2 Å². The van der Waals surface area contributed by atoms with E-state index in [-0.39, 0.29) is 12.0 Å². The third-order valence-corrected chi connectivity index (χ3v) is 7.63. The number of rotatable bonds is 8. The second-order valence-corrected chi connectivity index (χ2v) is 11.1. The van der Waals surface area contributed by atoms with Crippen molar-refractivity contribution in [2.24, 2.45) is 0 Å². The fraction of sp³-hybridized carbons (Fsp3) is 0.391. The van der Waals surface area contributed by atoms with E-state index in [1.165, 1.54) is 0 Å². The van der Waals surface area contributed by atoms with Crippen molar-refractivity contribution in [2.45, 2.75) is 55.9 Å². The zero-order valence-corrected chi connectivity index (χ0v) is 21.4. The second-order valence-electron chi connectivity index (χ2n) is 8.87. The van der Waals surface area contributed by atoms with Gasteiger partial charge in [0.1, 0.15) is 11.9 Å². The molecule has 0 fully saturated rings. The monoisotopic (exact) mass is 585 g/mol. The van der Waals surface area contributed by atoms with Crippen LogP contribution < -0.4 is 9.04 Å². The van der Waals surface area contributed by atoms with Crippen LogP contribution in [0, 0.1) is 11.6 Å². The van der Waals surface area contributed by atoms with Crippen molar-refractivity contribution in [3.63, 3.8) is 0 Å². The predicted molar refractivity (Wildman–Crippen MR) is 124 cm³/mol. The first-order valence-corrected chi connectivity index (χ1v) is 12.7. The molecule has 38 heavy (non-hydrogen) atoms. The predicted octanol–water partition coefficient (Wildman–Crippen LogP) is 4.87. The Morgan fingerprint density at radius 1 is 1.16 bits per heavy atom. The van der Waals surface area contributed by atoms with Crippen LogP contribution in [0.1, 0.15) is 32.3 Å². The Balaban J connectivity index is 2.04. The maximum absolute atomic E-state index is 15.1. The summed E-state index contributed by atoms with van der Waals surface area (Å²) in [6, 6.07) is 4.32. The van der Waals surface area contributed by atoms with E-state index in [4.69, 9.17) is 21.4 Å². The van der Waals surface area contributed by atoms with Gasteiger partial charge in [-0.1, -0.05) is 11.6 Å². The van der Waals surface area contributed by atoms with Gasteiger partial charge in [0, 0.05) is 6.42 Å². The second kappa shape index (κ2) is 10.6. The highest BCUT2D eigenvalue weighted by molar-refractivity contribution is 7.92. The number of nitrogens with zero attached hydrogens (tertiary/aromatic N) is 1. The quantitative estimate of drug-likeness (QED) is 0.348. The molecule has 15 heteroatoms.